The van der Waals surface area contributed by atoms with Crippen LogP contribution in [0.4, 0.5) is 0 Å². The van der Waals surface area contributed by atoms with Gasteiger partial charge < -0.3 is 0 Å². The zero-order chi connectivity index (χ0) is 11.7. The van der Waals surface area contributed by atoms with Gasteiger partial charge in [-0.1, -0.05) is 32.1 Å². The maximum absolute atomic E-state index is 11.3. The maximum Gasteiger partial charge on any atom is 0.135 e. The van der Waals surface area contributed by atoms with Crippen LogP contribution in [-0.2, 0) is 4.79 Å². The molecular weight excluding hydrogens is 210 g/mol. The van der Waals surface area contributed by atoms with Crippen molar-refractivity contribution in [3.63, 3.8) is 0 Å². The van der Waals surface area contributed by atoms with E-state index >= 15 is 0 Å². The summed E-state index contributed by atoms with van der Waals surface area (Å²) in [5.74, 6) is 2.46. The van der Waals surface area contributed by atoms with Crippen LogP contribution in [0.25, 0.3) is 0 Å². The molecule has 3 fully saturated rings. The van der Waals surface area contributed by atoms with Gasteiger partial charge in [-0.3, -0.25) is 9.69 Å². The van der Waals surface area contributed by atoms with Gasteiger partial charge in [-0.2, -0.15) is 0 Å². The van der Waals surface area contributed by atoms with Gasteiger partial charge in [-0.05, 0) is 24.7 Å². The molecule has 0 N–H and O–H groups in total. The number of nitrogens with zero attached hydrogens (tertiary/aromatic N) is 1. The van der Waals surface area contributed by atoms with Crippen molar-refractivity contribution < 1.29 is 4.79 Å². The quantitative estimate of drug-likeness (QED) is 0.696. The van der Waals surface area contributed by atoms with Crippen molar-refractivity contribution in [2.45, 2.75) is 63.8 Å². The molecule has 2 heteroatoms. The topological polar surface area (TPSA) is 20.3 Å². The summed E-state index contributed by atoms with van der Waals surface area (Å²) in [6.45, 7) is 2.10. The van der Waals surface area contributed by atoms with E-state index in [1.54, 1.807) is 0 Å². The van der Waals surface area contributed by atoms with Crippen LogP contribution in [0.15, 0.2) is 0 Å². The zero-order valence-corrected chi connectivity index (χ0v) is 10.9. The summed E-state index contributed by atoms with van der Waals surface area (Å²) >= 11 is 0. The highest BCUT2D eigenvalue weighted by Gasteiger charge is 2.38. The van der Waals surface area contributed by atoms with E-state index in [9.17, 15) is 4.79 Å². The Morgan fingerprint density at radius 2 is 1.59 bits per heavy atom. The Hall–Kier alpha value is -0.370. The highest BCUT2D eigenvalue weighted by Crippen LogP contribution is 2.42. The second-order valence-electron chi connectivity index (χ2n) is 6.28. The Labute approximate surface area is 105 Å². The van der Waals surface area contributed by atoms with E-state index in [1.807, 2.05) is 0 Å². The summed E-state index contributed by atoms with van der Waals surface area (Å²) < 4.78 is 0. The normalized spacial score (nSPS) is 40.0. The van der Waals surface area contributed by atoms with E-state index < -0.39 is 0 Å². The second kappa shape index (κ2) is 5.09. The number of hydrogen-bond acceptors (Lipinski definition) is 2. The van der Waals surface area contributed by atoms with E-state index in [1.165, 1.54) is 44.9 Å². The fraction of sp³-hybridized carbons (Fsp3) is 0.933. The van der Waals surface area contributed by atoms with Crippen LogP contribution in [-0.4, -0.2) is 29.8 Å². The number of ketones is 1. The molecule has 0 bridgehead atoms. The largest absolute Gasteiger partial charge is 0.300 e. The van der Waals surface area contributed by atoms with E-state index in [0.717, 1.165) is 43.8 Å². The summed E-state index contributed by atoms with van der Waals surface area (Å²) in [6, 6.07) is 0.821. The van der Waals surface area contributed by atoms with Crippen molar-refractivity contribution >= 4 is 5.78 Å². The third-order valence-corrected chi connectivity index (χ3v) is 5.36. The molecule has 0 aromatic carbocycles. The molecule has 0 spiro atoms. The van der Waals surface area contributed by atoms with Gasteiger partial charge in [-0.25, -0.2) is 0 Å². The van der Waals surface area contributed by atoms with Crippen molar-refractivity contribution in [3.05, 3.63) is 0 Å². The van der Waals surface area contributed by atoms with E-state index in [-0.39, 0.29) is 0 Å². The molecule has 2 aliphatic carbocycles. The summed E-state index contributed by atoms with van der Waals surface area (Å²) in [6.07, 6.45) is 11.8. The molecule has 2 saturated carbocycles. The minimum absolute atomic E-state index is 0.484. The fourth-order valence-corrected chi connectivity index (χ4v) is 4.46. The molecule has 0 radical (unpaired) electrons. The summed E-state index contributed by atoms with van der Waals surface area (Å²) in [4.78, 5) is 14.0. The lowest BCUT2D eigenvalue weighted by Gasteiger charge is -2.47. The third kappa shape index (κ3) is 2.42. The first kappa shape index (κ1) is 11.7. The van der Waals surface area contributed by atoms with Crippen LogP contribution in [0.1, 0.15) is 57.8 Å². The van der Waals surface area contributed by atoms with Crippen LogP contribution >= 0.6 is 0 Å². The van der Waals surface area contributed by atoms with Gasteiger partial charge in [0, 0.05) is 32.0 Å². The number of Topliss-reactive ketones (excluding diaryl/α,β-unsaturated/α-hetero) is 1. The molecule has 3 unspecified atom stereocenters. The molecule has 1 aliphatic heterocycles. The first-order valence-electron chi connectivity index (χ1n) is 7.60. The minimum atomic E-state index is 0.484. The smallest absolute Gasteiger partial charge is 0.135 e. The summed E-state index contributed by atoms with van der Waals surface area (Å²) in [7, 11) is 0. The molecular formula is C15H25NO. The van der Waals surface area contributed by atoms with Gasteiger partial charge in [0.25, 0.3) is 0 Å². The first-order chi connectivity index (χ1) is 8.34. The molecule has 17 heavy (non-hydrogen) atoms. The van der Waals surface area contributed by atoms with Gasteiger partial charge >= 0.3 is 0 Å². The first-order valence-corrected chi connectivity index (χ1v) is 7.60. The lowest BCUT2D eigenvalue weighted by molar-refractivity contribution is -0.122. The molecule has 0 aromatic rings. The van der Waals surface area contributed by atoms with E-state index in [4.69, 9.17) is 0 Å². The van der Waals surface area contributed by atoms with Crippen molar-refractivity contribution in [2.75, 3.05) is 13.1 Å². The molecule has 96 valence electrons. The van der Waals surface area contributed by atoms with E-state index in [0.29, 0.717) is 5.78 Å². The SMILES string of the molecule is O=C1CCN(C2CCCC3CCCCC32)CC1. The van der Waals surface area contributed by atoms with Crippen molar-refractivity contribution in [2.24, 2.45) is 11.8 Å². The Bertz CT molecular complexity index is 277. The molecule has 1 heterocycles. The van der Waals surface area contributed by atoms with Crippen LogP contribution in [0.3, 0.4) is 0 Å². The maximum atomic E-state index is 11.3. The van der Waals surface area contributed by atoms with Crippen LogP contribution in [0.5, 0.6) is 0 Å². The lowest BCUT2D eigenvalue weighted by Crippen LogP contribution is -2.49. The Morgan fingerprint density at radius 3 is 2.41 bits per heavy atom. The standard InChI is InChI=1S/C15H25NO/c17-13-8-10-16(11-9-13)15-7-3-5-12-4-1-2-6-14(12)15/h12,14-15H,1-11H2. The third-order valence-electron chi connectivity index (χ3n) is 5.36. The average molecular weight is 235 g/mol. The molecule has 2 nitrogen and oxygen atoms in total. The monoisotopic (exact) mass is 235 g/mol. The van der Waals surface area contributed by atoms with Gasteiger partial charge in [0.1, 0.15) is 5.78 Å². The van der Waals surface area contributed by atoms with Crippen molar-refractivity contribution in [1.29, 1.82) is 0 Å². The second-order valence-corrected chi connectivity index (χ2v) is 6.28. The fourth-order valence-electron chi connectivity index (χ4n) is 4.46. The average Bonchev–Trinajstić information content (AvgIpc) is 2.39. The number of hydrogen-bond donors (Lipinski definition) is 0. The number of rotatable bonds is 1. The molecule has 3 aliphatic rings. The number of piperidine rings is 1. The predicted molar refractivity (Wildman–Crippen MR) is 68.9 cm³/mol. The van der Waals surface area contributed by atoms with Crippen molar-refractivity contribution in [1.82, 2.24) is 4.90 Å². The summed E-state index contributed by atoms with van der Waals surface area (Å²) in [5.41, 5.74) is 0. The van der Waals surface area contributed by atoms with Crippen molar-refractivity contribution in [3.8, 4) is 0 Å². The Kier molecular flexibility index (Phi) is 3.51. The highest BCUT2D eigenvalue weighted by molar-refractivity contribution is 5.79. The Morgan fingerprint density at radius 1 is 0.882 bits per heavy atom. The molecule has 0 amide bonds. The summed E-state index contributed by atoms with van der Waals surface area (Å²) in [5, 5.41) is 0. The number of likely N-dealkylation sites (tertiary alicyclic amines) is 1. The van der Waals surface area contributed by atoms with Crippen LogP contribution in [0.2, 0.25) is 0 Å². The molecule has 3 atom stereocenters. The minimum Gasteiger partial charge on any atom is -0.300 e. The van der Waals surface area contributed by atoms with E-state index in [2.05, 4.69) is 4.90 Å². The highest BCUT2D eigenvalue weighted by atomic mass is 16.1. The van der Waals surface area contributed by atoms with Crippen LogP contribution in [0, 0.1) is 11.8 Å². The molecule has 0 aromatic heterocycles. The molecule has 1 saturated heterocycles. The number of carbonyl (C=O) groups is 1. The predicted octanol–water partition coefficient (Wildman–Crippen LogP) is 3.01. The van der Waals surface area contributed by atoms with Gasteiger partial charge in [-0.15, -0.1) is 0 Å². The van der Waals surface area contributed by atoms with Gasteiger partial charge in [0.15, 0.2) is 0 Å². The zero-order valence-electron chi connectivity index (χ0n) is 10.9. The molecule has 3 rings (SSSR count). The number of fused-ring (bicyclic) bond motifs is 1. The van der Waals surface area contributed by atoms with Gasteiger partial charge in [0.05, 0.1) is 0 Å². The lowest BCUT2D eigenvalue weighted by atomic mass is 9.68. The number of carbonyl (C=O) groups excluding carboxylic acids is 1. The van der Waals surface area contributed by atoms with Crippen LogP contribution < -0.4 is 0 Å². The Balaban J connectivity index is 1.66. The van der Waals surface area contributed by atoms with Gasteiger partial charge in [0.2, 0.25) is 0 Å².